The number of ether oxygens (including phenoxy) is 2. The summed E-state index contributed by atoms with van der Waals surface area (Å²) in [5.74, 6) is 1.82. The zero-order valence-electron chi connectivity index (χ0n) is 9.80. The smallest absolute Gasteiger partial charge is 0.151 e. The van der Waals surface area contributed by atoms with E-state index in [0.29, 0.717) is 0 Å². The average Bonchev–Trinajstić information content (AvgIpc) is 2.82. The van der Waals surface area contributed by atoms with E-state index in [4.69, 9.17) is 9.47 Å². The molecule has 0 spiro atoms. The number of methoxy groups -OCH3 is 1. The van der Waals surface area contributed by atoms with Gasteiger partial charge in [0.25, 0.3) is 0 Å². The lowest BCUT2D eigenvalue weighted by molar-refractivity contribution is 0.122. The van der Waals surface area contributed by atoms with Gasteiger partial charge in [-0.1, -0.05) is 0 Å². The quantitative estimate of drug-likeness (QED) is 0.780. The van der Waals surface area contributed by atoms with Gasteiger partial charge in [-0.15, -0.1) is 0 Å². The molecule has 3 heterocycles. The third-order valence-corrected chi connectivity index (χ3v) is 2.99. The Hall–Kier alpha value is -1.75. The van der Waals surface area contributed by atoms with Crippen LogP contribution in [0.4, 0.5) is 5.82 Å². The molecule has 0 aromatic carbocycles. The van der Waals surface area contributed by atoms with E-state index in [1.54, 1.807) is 7.11 Å². The fourth-order valence-electron chi connectivity index (χ4n) is 2.02. The van der Waals surface area contributed by atoms with Crippen LogP contribution in [0.1, 0.15) is 0 Å². The molecule has 5 nitrogen and oxygen atoms in total. The Kier molecular flexibility index (Phi) is 2.60. The second-order valence-electron chi connectivity index (χ2n) is 4.04. The second kappa shape index (κ2) is 4.25. The normalized spacial score (nSPS) is 16.4. The Morgan fingerprint density at radius 3 is 2.88 bits per heavy atom. The predicted octanol–water partition coefficient (Wildman–Crippen LogP) is 1.18. The van der Waals surface area contributed by atoms with Crippen molar-refractivity contribution in [2.75, 3.05) is 38.3 Å². The highest BCUT2D eigenvalue weighted by molar-refractivity contribution is 5.57. The summed E-state index contributed by atoms with van der Waals surface area (Å²) in [6.07, 6.45) is 1.89. The highest BCUT2D eigenvalue weighted by atomic mass is 16.5. The number of rotatable bonds is 2. The number of pyridine rings is 1. The third-order valence-electron chi connectivity index (χ3n) is 2.99. The second-order valence-corrected chi connectivity index (χ2v) is 4.04. The highest BCUT2D eigenvalue weighted by Crippen LogP contribution is 2.19. The topological polar surface area (TPSA) is 39.0 Å². The van der Waals surface area contributed by atoms with Gasteiger partial charge >= 0.3 is 0 Å². The van der Waals surface area contributed by atoms with Crippen molar-refractivity contribution in [2.24, 2.45) is 0 Å². The van der Waals surface area contributed by atoms with Crippen LogP contribution in [-0.4, -0.2) is 43.0 Å². The molecule has 0 bridgehead atoms. The minimum atomic E-state index is 0.775. The number of anilines is 1. The van der Waals surface area contributed by atoms with E-state index >= 15 is 0 Å². The molecule has 1 fully saturated rings. The Bertz CT molecular complexity index is 517. The molecule has 0 aliphatic carbocycles. The number of hydrogen-bond donors (Lipinski definition) is 0. The first-order valence-corrected chi connectivity index (χ1v) is 5.73. The van der Waals surface area contributed by atoms with E-state index in [-0.39, 0.29) is 0 Å². The number of fused-ring (bicyclic) bond motifs is 1. The van der Waals surface area contributed by atoms with Crippen LogP contribution in [0.3, 0.4) is 0 Å². The monoisotopic (exact) mass is 233 g/mol. The molecule has 90 valence electrons. The van der Waals surface area contributed by atoms with Crippen molar-refractivity contribution >= 4 is 11.3 Å². The van der Waals surface area contributed by atoms with Gasteiger partial charge in [-0.05, 0) is 12.1 Å². The molecule has 0 atom stereocenters. The molecule has 0 amide bonds. The Morgan fingerprint density at radius 1 is 1.29 bits per heavy atom. The summed E-state index contributed by atoms with van der Waals surface area (Å²) in [5.41, 5.74) is 1.08. The van der Waals surface area contributed by atoms with E-state index in [2.05, 4.69) is 16.1 Å². The summed E-state index contributed by atoms with van der Waals surface area (Å²) in [6.45, 7) is 3.36. The molecular weight excluding hydrogens is 218 g/mol. The molecule has 2 aromatic rings. The maximum atomic E-state index is 5.34. The molecule has 1 saturated heterocycles. The van der Waals surface area contributed by atoms with Crippen LogP contribution in [0, 0.1) is 0 Å². The maximum absolute atomic E-state index is 5.34. The van der Waals surface area contributed by atoms with Crippen LogP contribution in [0.25, 0.3) is 5.52 Å². The number of morpholine rings is 1. The molecule has 3 rings (SSSR count). The number of nitrogens with zero attached hydrogens (tertiary/aromatic N) is 3. The van der Waals surface area contributed by atoms with Gasteiger partial charge in [0, 0.05) is 19.2 Å². The van der Waals surface area contributed by atoms with Gasteiger partial charge in [0.05, 0.1) is 32.0 Å². The lowest BCUT2D eigenvalue weighted by Gasteiger charge is -2.26. The summed E-state index contributed by atoms with van der Waals surface area (Å²) < 4.78 is 12.4. The first kappa shape index (κ1) is 10.4. The Morgan fingerprint density at radius 2 is 2.12 bits per heavy atom. The summed E-state index contributed by atoms with van der Waals surface area (Å²) in [5, 5.41) is 4.55. The molecule has 0 radical (unpaired) electrons. The summed E-state index contributed by atoms with van der Waals surface area (Å²) >= 11 is 0. The van der Waals surface area contributed by atoms with Crippen LogP contribution < -0.4 is 9.64 Å². The maximum Gasteiger partial charge on any atom is 0.151 e. The zero-order chi connectivity index (χ0) is 11.7. The third kappa shape index (κ3) is 1.93. The fraction of sp³-hybridized carbons (Fsp3) is 0.417. The van der Waals surface area contributed by atoms with Crippen molar-refractivity contribution < 1.29 is 9.47 Å². The summed E-state index contributed by atoms with van der Waals surface area (Å²) in [6, 6.07) is 6.04. The molecule has 0 saturated carbocycles. The van der Waals surface area contributed by atoms with Gasteiger partial charge in [0.15, 0.2) is 5.82 Å². The average molecular weight is 233 g/mol. The summed E-state index contributed by atoms with van der Waals surface area (Å²) in [7, 11) is 1.66. The van der Waals surface area contributed by atoms with Crippen molar-refractivity contribution in [1.29, 1.82) is 0 Å². The van der Waals surface area contributed by atoms with Gasteiger partial charge in [0.2, 0.25) is 0 Å². The molecule has 5 heteroatoms. The Balaban J connectivity index is 1.95. The van der Waals surface area contributed by atoms with E-state index in [1.165, 1.54) is 0 Å². The lowest BCUT2D eigenvalue weighted by atomic mass is 10.3. The first-order chi connectivity index (χ1) is 8.36. The van der Waals surface area contributed by atoms with Crippen molar-refractivity contribution in [2.45, 2.75) is 0 Å². The molecule has 1 aliphatic heterocycles. The first-order valence-electron chi connectivity index (χ1n) is 5.73. The standard InChI is InChI=1S/C12H15N3O2/c1-16-11-3-2-10-8-12(13-15(10)9-11)14-4-6-17-7-5-14/h2-3,8-9H,4-7H2,1H3. The predicted molar refractivity (Wildman–Crippen MR) is 64.8 cm³/mol. The molecular formula is C12H15N3O2. The molecule has 0 unspecified atom stereocenters. The molecule has 0 N–H and O–H groups in total. The number of aromatic nitrogens is 2. The van der Waals surface area contributed by atoms with Crippen molar-refractivity contribution in [3.63, 3.8) is 0 Å². The van der Waals surface area contributed by atoms with Crippen LogP contribution in [0.5, 0.6) is 5.75 Å². The fourth-order valence-corrected chi connectivity index (χ4v) is 2.02. The van der Waals surface area contributed by atoms with Crippen molar-refractivity contribution in [3.8, 4) is 5.75 Å². The number of hydrogen-bond acceptors (Lipinski definition) is 4. The van der Waals surface area contributed by atoms with Gasteiger partial charge in [-0.2, -0.15) is 5.10 Å². The van der Waals surface area contributed by atoms with Crippen molar-refractivity contribution in [1.82, 2.24) is 9.61 Å². The van der Waals surface area contributed by atoms with Crippen LogP contribution in [0.2, 0.25) is 0 Å². The molecule has 17 heavy (non-hydrogen) atoms. The lowest BCUT2D eigenvalue weighted by Crippen LogP contribution is -2.36. The highest BCUT2D eigenvalue weighted by Gasteiger charge is 2.14. The van der Waals surface area contributed by atoms with E-state index in [1.807, 2.05) is 22.8 Å². The minimum Gasteiger partial charge on any atom is -0.495 e. The van der Waals surface area contributed by atoms with E-state index < -0.39 is 0 Å². The Labute approximate surface area is 99.5 Å². The molecule has 1 aliphatic rings. The minimum absolute atomic E-state index is 0.775. The molecule has 2 aromatic heterocycles. The summed E-state index contributed by atoms with van der Waals surface area (Å²) in [4.78, 5) is 2.24. The van der Waals surface area contributed by atoms with E-state index in [9.17, 15) is 0 Å². The van der Waals surface area contributed by atoms with Crippen LogP contribution in [0.15, 0.2) is 24.4 Å². The van der Waals surface area contributed by atoms with Crippen LogP contribution in [-0.2, 0) is 4.74 Å². The SMILES string of the molecule is COc1ccc2cc(N3CCOCC3)nn2c1. The van der Waals surface area contributed by atoms with Gasteiger partial charge < -0.3 is 14.4 Å². The van der Waals surface area contributed by atoms with Gasteiger partial charge in [-0.3, -0.25) is 0 Å². The zero-order valence-corrected chi connectivity index (χ0v) is 9.80. The van der Waals surface area contributed by atoms with Crippen molar-refractivity contribution in [3.05, 3.63) is 24.4 Å². The van der Waals surface area contributed by atoms with Gasteiger partial charge in [-0.25, -0.2) is 4.52 Å². The van der Waals surface area contributed by atoms with Gasteiger partial charge in [0.1, 0.15) is 5.75 Å². The van der Waals surface area contributed by atoms with E-state index in [0.717, 1.165) is 43.4 Å². The van der Waals surface area contributed by atoms with Crippen LogP contribution >= 0.6 is 0 Å². The largest absolute Gasteiger partial charge is 0.495 e.